The molecule has 2 heteroatoms. The maximum atomic E-state index is 13.6. The zero-order valence-corrected chi connectivity index (χ0v) is 17.5. The van der Waals surface area contributed by atoms with Crippen LogP contribution < -0.4 is 0 Å². The van der Waals surface area contributed by atoms with Gasteiger partial charge in [0.25, 0.3) is 0 Å². The quantitative estimate of drug-likeness (QED) is 0.458. The van der Waals surface area contributed by atoms with Crippen molar-refractivity contribution in [1.29, 1.82) is 0 Å². The number of rotatable bonds is 4. The van der Waals surface area contributed by atoms with Crippen molar-refractivity contribution in [2.45, 2.75) is 70.1 Å². The van der Waals surface area contributed by atoms with E-state index >= 15 is 0 Å². The lowest BCUT2D eigenvalue weighted by Crippen LogP contribution is -2.33. The summed E-state index contributed by atoms with van der Waals surface area (Å²) in [5.41, 5.74) is 3.12. The van der Waals surface area contributed by atoms with Crippen molar-refractivity contribution in [2.24, 2.45) is 11.8 Å². The van der Waals surface area contributed by atoms with E-state index in [2.05, 4.69) is 43.3 Å². The monoisotopic (exact) mass is 394 g/mol. The van der Waals surface area contributed by atoms with Gasteiger partial charge in [-0.2, -0.15) is 0 Å². The van der Waals surface area contributed by atoms with Gasteiger partial charge >= 0.3 is 0 Å². The van der Waals surface area contributed by atoms with E-state index in [9.17, 15) is 8.78 Å². The Morgan fingerprint density at radius 3 is 2.00 bits per heavy atom. The van der Waals surface area contributed by atoms with E-state index in [0.717, 1.165) is 23.0 Å². The van der Waals surface area contributed by atoms with Gasteiger partial charge in [-0.05, 0) is 73.3 Å². The van der Waals surface area contributed by atoms with Crippen LogP contribution >= 0.6 is 0 Å². The van der Waals surface area contributed by atoms with Crippen LogP contribution in [0.15, 0.2) is 54.6 Å². The van der Waals surface area contributed by atoms with Crippen LogP contribution in [-0.2, 0) is 5.41 Å². The molecule has 2 aliphatic carbocycles. The summed E-state index contributed by atoms with van der Waals surface area (Å²) < 4.78 is 26.8. The van der Waals surface area contributed by atoms with Gasteiger partial charge in [0, 0.05) is 5.41 Å². The lowest BCUT2D eigenvalue weighted by atomic mass is 9.62. The Balaban J connectivity index is 1.52. The number of hydrogen-bond acceptors (Lipinski definition) is 0. The van der Waals surface area contributed by atoms with Crippen LogP contribution in [0.1, 0.15) is 70.3 Å². The van der Waals surface area contributed by atoms with Gasteiger partial charge in [0.1, 0.15) is 0 Å². The Morgan fingerprint density at radius 2 is 1.38 bits per heavy atom. The minimum Gasteiger partial charge on any atom is -0.204 e. The van der Waals surface area contributed by atoms with E-state index in [4.69, 9.17) is 0 Å². The van der Waals surface area contributed by atoms with Crippen molar-refractivity contribution in [3.8, 4) is 11.1 Å². The highest BCUT2D eigenvalue weighted by molar-refractivity contribution is 5.64. The molecule has 0 unspecified atom stereocenters. The summed E-state index contributed by atoms with van der Waals surface area (Å²) in [6, 6.07) is 12.6. The van der Waals surface area contributed by atoms with Crippen molar-refractivity contribution < 1.29 is 8.78 Å². The normalized spacial score (nSPS) is 26.1. The first kappa shape index (κ1) is 20.3. The molecule has 0 aliphatic heterocycles. The Kier molecular flexibility index (Phi) is 6.18. The zero-order valence-electron chi connectivity index (χ0n) is 17.5. The average Bonchev–Trinajstić information content (AvgIpc) is 2.77. The van der Waals surface area contributed by atoms with Crippen molar-refractivity contribution in [3.63, 3.8) is 0 Å². The molecule has 2 aromatic rings. The molecule has 4 rings (SSSR count). The Labute approximate surface area is 174 Å². The highest BCUT2D eigenvalue weighted by Crippen LogP contribution is 2.47. The Bertz CT molecular complexity index is 835. The van der Waals surface area contributed by atoms with E-state index in [1.54, 1.807) is 6.07 Å². The van der Waals surface area contributed by atoms with Crippen LogP contribution in [0.4, 0.5) is 8.78 Å². The highest BCUT2D eigenvalue weighted by Gasteiger charge is 2.37. The topological polar surface area (TPSA) is 0 Å². The van der Waals surface area contributed by atoms with Crippen molar-refractivity contribution in [1.82, 2.24) is 0 Å². The van der Waals surface area contributed by atoms with Crippen LogP contribution in [0, 0.1) is 23.5 Å². The first-order valence-electron chi connectivity index (χ1n) is 11.3. The predicted molar refractivity (Wildman–Crippen MR) is 117 cm³/mol. The lowest BCUT2D eigenvalue weighted by molar-refractivity contribution is 0.166. The molecule has 0 atom stereocenters. The SMILES string of the molecule is C/C=C/C1(c2ccc(-c3ccc(F)c(F)c3)cc2)CCC(C2CCCCC2)CC1. The van der Waals surface area contributed by atoms with Gasteiger partial charge in [-0.1, -0.05) is 74.6 Å². The van der Waals surface area contributed by atoms with Gasteiger partial charge in [0.15, 0.2) is 11.6 Å². The van der Waals surface area contributed by atoms with E-state index in [0.29, 0.717) is 0 Å². The number of hydrogen-bond donors (Lipinski definition) is 0. The summed E-state index contributed by atoms with van der Waals surface area (Å²) in [6.45, 7) is 2.12. The van der Waals surface area contributed by atoms with Gasteiger partial charge in [0.2, 0.25) is 0 Å². The fraction of sp³-hybridized carbons (Fsp3) is 0.481. The Hall–Kier alpha value is -1.96. The van der Waals surface area contributed by atoms with Crippen LogP contribution in [0.2, 0.25) is 0 Å². The van der Waals surface area contributed by atoms with Crippen LogP contribution in [0.25, 0.3) is 11.1 Å². The number of halogens is 2. The highest BCUT2D eigenvalue weighted by atomic mass is 19.2. The largest absolute Gasteiger partial charge is 0.204 e. The van der Waals surface area contributed by atoms with Gasteiger partial charge in [-0.3, -0.25) is 0 Å². The minimum absolute atomic E-state index is 0.118. The van der Waals surface area contributed by atoms with Gasteiger partial charge < -0.3 is 0 Å². The average molecular weight is 395 g/mol. The number of allylic oxidation sites excluding steroid dienone is 2. The second-order valence-electron chi connectivity index (χ2n) is 9.10. The summed E-state index contributed by atoms with van der Waals surface area (Å²) >= 11 is 0. The second kappa shape index (κ2) is 8.81. The van der Waals surface area contributed by atoms with Crippen LogP contribution in [0.3, 0.4) is 0 Å². The van der Waals surface area contributed by atoms with Crippen molar-refractivity contribution in [2.75, 3.05) is 0 Å². The zero-order chi connectivity index (χ0) is 20.3. The summed E-state index contributed by atoms with van der Waals surface area (Å²) in [7, 11) is 0. The molecule has 0 heterocycles. The predicted octanol–water partition coefficient (Wildman–Crippen LogP) is 8.22. The fourth-order valence-electron chi connectivity index (χ4n) is 5.77. The standard InChI is InChI=1S/C27H32F2/c1-2-16-27(17-14-22(15-18-27)20-6-4-3-5-7-20)24-11-8-21(9-12-24)23-10-13-25(28)26(29)19-23/h2,8-13,16,19-20,22H,3-7,14-15,17-18H2,1H3/b16-2+. The summed E-state index contributed by atoms with van der Waals surface area (Å²) in [5, 5.41) is 0. The molecule has 2 saturated carbocycles. The third-order valence-electron chi connectivity index (χ3n) is 7.44. The molecule has 0 radical (unpaired) electrons. The number of benzene rings is 2. The van der Waals surface area contributed by atoms with Gasteiger partial charge in [0.05, 0.1) is 0 Å². The van der Waals surface area contributed by atoms with Gasteiger partial charge in [-0.25, -0.2) is 8.78 Å². The molecule has 29 heavy (non-hydrogen) atoms. The molecule has 0 saturated heterocycles. The van der Waals surface area contributed by atoms with E-state index in [1.807, 2.05) is 0 Å². The van der Waals surface area contributed by atoms with Crippen molar-refractivity contribution in [3.05, 3.63) is 71.8 Å². The molecular weight excluding hydrogens is 362 g/mol. The molecule has 2 fully saturated rings. The fourth-order valence-corrected chi connectivity index (χ4v) is 5.77. The van der Waals surface area contributed by atoms with E-state index in [-0.39, 0.29) is 5.41 Å². The van der Waals surface area contributed by atoms with Gasteiger partial charge in [-0.15, -0.1) is 0 Å². The first-order chi connectivity index (χ1) is 14.1. The third kappa shape index (κ3) is 4.32. The van der Waals surface area contributed by atoms with Crippen LogP contribution in [-0.4, -0.2) is 0 Å². The third-order valence-corrected chi connectivity index (χ3v) is 7.44. The molecule has 2 aliphatic rings. The molecule has 0 amide bonds. The maximum Gasteiger partial charge on any atom is 0.159 e. The molecule has 0 aromatic heterocycles. The van der Waals surface area contributed by atoms with Crippen LogP contribution in [0.5, 0.6) is 0 Å². The molecule has 2 aromatic carbocycles. The molecule has 0 spiro atoms. The summed E-state index contributed by atoms with van der Waals surface area (Å²) in [5.74, 6) is 0.253. The van der Waals surface area contributed by atoms with E-state index in [1.165, 1.54) is 75.5 Å². The minimum atomic E-state index is -0.799. The second-order valence-corrected chi connectivity index (χ2v) is 9.10. The molecule has 154 valence electrons. The first-order valence-corrected chi connectivity index (χ1v) is 11.3. The molecule has 0 N–H and O–H groups in total. The van der Waals surface area contributed by atoms with E-state index < -0.39 is 11.6 Å². The Morgan fingerprint density at radius 1 is 0.759 bits per heavy atom. The maximum absolute atomic E-state index is 13.6. The summed E-state index contributed by atoms with van der Waals surface area (Å²) in [6.07, 6.45) is 16.8. The summed E-state index contributed by atoms with van der Waals surface area (Å²) in [4.78, 5) is 0. The lowest BCUT2D eigenvalue weighted by Gasteiger charge is -2.42. The van der Waals surface area contributed by atoms with Crippen molar-refractivity contribution >= 4 is 0 Å². The smallest absolute Gasteiger partial charge is 0.159 e. The molecule has 0 bridgehead atoms. The molecule has 0 nitrogen and oxygen atoms in total. The molecular formula is C27H32F2.